The quantitative estimate of drug-likeness (QED) is 0.205. The van der Waals surface area contributed by atoms with E-state index in [0.29, 0.717) is 6.42 Å². The van der Waals surface area contributed by atoms with Crippen LogP contribution >= 0.6 is 7.82 Å². The summed E-state index contributed by atoms with van der Waals surface area (Å²) in [5.41, 5.74) is 0. The molecule has 0 aliphatic rings. The number of ether oxygens (including phenoxy) is 1. The Morgan fingerprint density at radius 1 is 1.09 bits per heavy atom. The van der Waals surface area contributed by atoms with Gasteiger partial charge in [-0.2, -0.15) is 0 Å². The first kappa shape index (κ1) is 21.5. The van der Waals surface area contributed by atoms with E-state index < -0.39 is 45.8 Å². The van der Waals surface area contributed by atoms with Crippen LogP contribution in [0.1, 0.15) is 32.6 Å². The van der Waals surface area contributed by atoms with Gasteiger partial charge in [0.25, 0.3) is 0 Å². The van der Waals surface area contributed by atoms with Crippen LogP contribution in [0.3, 0.4) is 0 Å². The maximum absolute atomic E-state index is 11.4. The summed E-state index contributed by atoms with van der Waals surface area (Å²) in [7, 11) is -4.45. The Kier molecular flexibility index (Phi) is 11.7. The Labute approximate surface area is 129 Å². The van der Waals surface area contributed by atoms with Crippen molar-refractivity contribution >= 4 is 13.8 Å². The Morgan fingerprint density at radius 2 is 1.68 bits per heavy atom. The Morgan fingerprint density at radius 3 is 2.23 bits per heavy atom. The average Bonchev–Trinajstić information content (AvgIpc) is 2.49. The third-order valence-corrected chi connectivity index (χ3v) is 3.44. The molecule has 0 heterocycles. The second-order valence-electron chi connectivity index (χ2n) is 4.69. The molecule has 0 aromatic heterocycles. The summed E-state index contributed by atoms with van der Waals surface area (Å²) in [6.45, 7) is -0.153. The lowest BCUT2D eigenvalue weighted by Gasteiger charge is -2.16. The number of phosphoric acid groups is 1. The summed E-state index contributed by atoms with van der Waals surface area (Å²) in [6, 6.07) is 0. The van der Waals surface area contributed by atoms with Crippen molar-refractivity contribution < 1.29 is 43.4 Å². The van der Waals surface area contributed by atoms with Crippen LogP contribution in [-0.4, -0.2) is 64.8 Å². The number of hydrogen-bond acceptors (Lipinski definition) is 8. The van der Waals surface area contributed by atoms with Crippen molar-refractivity contribution in [1.29, 1.82) is 0 Å². The number of hydrogen-bond donors (Lipinski definition) is 4. The minimum Gasteiger partial charge on any atom is -0.463 e. The SMILES string of the molecule is CCCCCC(=O)OCC(O)COP(=O)(O)OCC(O)CO. The summed E-state index contributed by atoms with van der Waals surface area (Å²) in [6.07, 6.45) is 0.253. The molecule has 4 N–H and O–H groups in total. The number of rotatable bonds is 13. The molecule has 10 heteroatoms. The van der Waals surface area contributed by atoms with Gasteiger partial charge < -0.3 is 24.9 Å². The first-order valence-electron chi connectivity index (χ1n) is 7.05. The number of carbonyl (C=O) groups excluding carboxylic acids is 1. The first-order valence-corrected chi connectivity index (χ1v) is 8.54. The lowest BCUT2D eigenvalue weighted by atomic mass is 10.2. The molecular weight excluding hydrogens is 319 g/mol. The Balaban J connectivity index is 3.85. The minimum atomic E-state index is -4.45. The number of carbonyl (C=O) groups is 1. The molecular formula is C12H25O9P. The highest BCUT2D eigenvalue weighted by Crippen LogP contribution is 2.43. The van der Waals surface area contributed by atoms with E-state index in [-0.39, 0.29) is 13.0 Å². The summed E-state index contributed by atoms with van der Waals surface area (Å²) < 4.78 is 25.0. The van der Waals surface area contributed by atoms with E-state index in [1.165, 1.54) is 0 Å². The van der Waals surface area contributed by atoms with Crippen molar-refractivity contribution in [2.75, 3.05) is 26.4 Å². The van der Waals surface area contributed by atoms with Crippen molar-refractivity contribution in [2.45, 2.75) is 44.8 Å². The minimum absolute atomic E-state index is 0.252. The number of esters is 1. The van der Waals surface area contributed by atoms with Crippen LogP contribution < -0.4 is 0 Å². The molecule has 0 aromatic rings. The van der Waals surface area contributed by atoms with Crippen LogP contribution in [0.4, 0.5) is 0 Å². The molecule has 0 saturated heterocycles. The largest absolute Gasteiger partial charge is 0.472 e. The fraction of sp³-hybridized carbons (Fsp3) is 0.917. The van der Waals surface area contributed by atoms with Gasteiger partial charge >= 0.3 is 13.8 Å². The van der Waals surface area contributed by atoms with E-state index in [9.17, 15) is 19.4 Å². The van der Waals surface area contributed by atoms with Gasteiger partial charge in [-0.1, -0.05) is 19.8 Å². The molecule has 0 aromatic carbocycles. The lowest BCUT2D eigenvalue weighted by molar-refractivity contribution is -0.147. The van der Waals surface area contributed by atoms with Gasteiger partial charge in [0.1, 0.15) is 18.8 Å². The van der Waals surface area contributed by atoms with E-state index >= 15 is 0 Å². The molecule has 0 radical (unpaired) electrons. The van der Waals surface area contributed by atoms with Gasteiger partial charge in [0.2, 0.25) is 0 Å². The van der Waals surface area contributed by atoms with Gasteiger partial charge in [-0.25, -0.2) is 4.57 Å². The smallest absolute Gasteiger partial charge is 0.463 e. The molecule has 3 unspecified atom stereocenters. The molecule has 0 saturated carbocycles. The maximum atomic E-state index is 11.4. The molecule has 132 valence electrons. The fourth-order valence-corrected chi connectivity index (χ4v) is 2.07. The van der Waals surface area contributed by atoms with Gasteiger partial charge in [0.15, 0.2) is 0 Å². The number of aliphatic hydroxyl groups excluding tert-OH is 3. The first-order chi connectivity index (χ1) is 10.3. The molecule has 0 spiro atoms. The summed E-state index contributed by atoms with van der Waals surface area (Å²) >= 11 is 0. The molecule has 22 heavy (non-hydrogen) atoms. The summed E-state index contributed by atoms with van der Waals surface area (Å²) in [5.74, 6) is -0.456. The van der Waals surface area contributed by atoms with Gasteiger partial charge in [-0.15, -0.1) is 0 Å². The number of unbranched alkanes of at least 4 members (excludes halogenated alkanes) is 2. The van der Waals surface area contributed by atoms with Gasteiger partial charge in [0.05, 0.1) is 19.8 Å². The van der Waals surface area contributed by atoms with Gasteiger partial charge in [-0.05, 0) is 6.42 Å². The highest BCUT2D eigenvalue weighted by Gasteiger charge is 2.24. The van der Waals surface area contributed by atoms with E-state index in [0.717, 1.165) is 12.8 Å². The number of aliphatic hydroxyl groups is 3. The van der Waals surface area contributed by atoms with Crippen LogP contribution in [0, 0.1) is 0 Å². The molecule has 0 fully saturated rings. The monoisotopic (exact) mass is 344 g/mol. The van der Waals surface area contributed by atoms with Gasteiger partial charge in [0, 0.05) is 6.42 Å². The Hall–Kier alpha value is -0.540. The second kappa shape index (κ2) is 12.0. The predicted octanol–water partition coefficient (Wildman–Crippen LogP) is -0.0424. The molecule has 0 aliphatic heterocycles. The van der Waals surface area contributed by atoms with Crippen molar-refractivity contribution in [3.63, 3.8) is 0 Å². The van der Waals surface area contributed by atoms with E-state index in [2.05, 4.69) is 9.05 Å². The zero-order valence-corrected chi connectivity index (χ0v) is 13.5. The van der Waals surface area contributed by atoms with Crippen LogP contribution in [0.5, 0.6) is 0 Å². The normalized spacial score (nSPS) is 16.8. The van der Waals surface area contributed by atoms with Crippen LogP contribution in [-0.2, 0) is 23.1 Å². The van der Waals surface area contributed by atoms with Crippen LogP contribution in [0.15, 0.2) is 0 Å². The molecule has 9 nitrogen and oxygen atoms in total. The summed E-state index contributed by atoms with van der Waals surface area (Å²) in [5, 5.41) is 27.0. The Bertz CT molecular complexity index is 349. The molecule has 0 aliphatic carbocycles. The molecule has 3 atom stereocenters. The molecule has 0 amide bonds. The lowest BCUT2D eigenvalue weighted by Crippen LogP contribution is -2.24. The van der Waals surface area contributed by atoms with Crippen molar-refractivity contribution in [1.82, 2.24) is 0 Å². The average molecular weight is 344 g/mol. The maximum Gasteiger partial charge on any atom is 0.472 e. The highest BCUT2D eigenvalue weighted by atomic mass is 31.2. The van der Waals surface area contributed by atoms with Crippen molar-refractivity contribution in [2.24, 2.45) is 0 Å². The highest BCUT2D eigenvalue weighted by molar-refractivity contribution is 7.47. The zero-order valence-electron chi connectivity index (χ0n) is 12.6. The van der Waals surface area contributed by atoms with Crippen LogP contribution in [0.2, 0.25) is 0 Å². The van der Waals surface area contributed by atoms with Gasteiger partial charge in [-0.3, -0.25) is 13.8 Å². The summed E-state index contributed by atoms with van der Waals surface area (Å²) in [4.78, 5) is 20.5. The van der Waals surface area contributed by atoms with E-state index in [1.54, 1.807) is 0 Å². The van der Waals surface area contributed by atoms with E-state index in [4.69, 9.17) is 14.9 Å². The number of phosphoric ester groups is 1. The standard InChI is InChI=1S/C12H25O9P/c1-2-3-4-5-12(16)19-7-11(15)9-21-22(17,18)20-8-10(14)6-13/h10-11,13-15H,2-9H2,1H3,(H,17,18). The van der Waals surface area contributed by atoms with Crippen molar-refractivity contribution in [3.8, 4) is 0 Å². The topological polar surface area (TPSA) is 143 Å². The predicted molar refractivity (Wildman–Crippen MR) is 75.9 cm³/mol. The van der Waals surface area contributed by atoms with E-state index in [1.807, 2.05) is 6.92 Å². The third kappa shape index (κ3) is 12.0. The van der Waals surface area contributed by atoms with Crippen molar-refractivity contribution in [3.05, 3.63) is 0 Å². The zero-order chi connectivity index (χ0) is 17.0. The second-order valence-corrected chi connectivity index (χ2v) is 6.14. The third-order valence-electron chi connectivity index (χ3n) is 2.49. The fourth-order valence-electron chi connectivity index (χ4n) is 1.28. The molecule has 0 rings (SSSR count). The van der Waals surface area contributed by atoms with Crippen LogP contribution in [0.25, 0.3) is 0 Å². The molecule has 0 bridgehead atoms.